The summed E-state index contributed by atoms with van der Waals surface area (Å²) < 4.78 is 125. The highest BCUT2D eigenvalue weighted by Gasteiger charge is 2.20. The molecule has 0 bridgehead atoms. The van der Waals surface area contributed by atoms with Gasteiger partial charge in [-0.2, -0.15) is 0 Å². The van der Waals surface area contributed by atoms with Gasteiger partial charge in [-0.05, 0) is 104 Å². The predicted octanol–water partition coefficient (Wildman–Crippen LogP) is 13.4. The Morgan fingerprint density at radius 2 is 1.21 bits per heavy atom. The van der Waals surface area contributed by atoms with Crippen LogP contribution < -0.4 is 15.3 Å². The number of hydrogen-bond donors (Lipinski definition) is 0. The molecule has 1 unspecified atom stereocenters. The highest BCUT2D eigenvalue weighted by atomic mass is 16.3. The molecule has 0 radical (unpaired) electrons. The van der Waals surface area contributed by atoms with Crippen molar-refractivity contribution in [2.24, 2.45) is 0 Å². The summed E-state index contributed by atoms with van der Waals surface area (Å²) in [5.74, 6) is -0.551. The number of nitrogens with zero attached hydrogens (tertiary/aromatic N) is 1. The molecule has 10 aromatic rings. The quantitative estimate of drug-likeness (QED) is 0.169. The SMILES string of the molecule is [2H]c1c([2H])c([2H])c(-c2c([2H])c([2H])c(N(c3ccccc3-c3ccc4oc5c6ccccc6ccc5c4c3)c3c([2H])c([2H])c(C4C=c5ccc6ccccc6c5=CC4)c([2H])c3[2H])c([2H])c2[2H])c([2H])c1[2H]. The summed E-state index contributed by atoms with van der Waals surface area (Å²) >= 11 is 0. The van der Waals surface area contributed by atoms with Crippen LogP contribution >= 0.6 is 0 Å². The van der Waals surface area contributed by atoms with Crippen LogP contribution in [0, 0.1) is 0 Å². The summed E-state index contributed by atoms with van der Waals surface area (Å²) in [6.45, 7) is 0. The first kappa shape index (κ1) is 21.7. The van der Waals surface area contributed by atoms with E-state index in [4.69, 9.17) is 11.3 Å². The van der Waals surface area contributed by atoms with Crippen molar-refractivity contribution in [3.63, 3.8) is 0 Å². The highest BCUT2D eigenvalue weighted by Crippen LogP contribution is 2.43. The van der Waals surface area contributed by atoms with Gasteiger partial charge >= 0.3 is 0 Å². The largest absolute Gasteiger partial charge is 0.455 e. The van der Waals surface area contributed by atoms with Gasteiger partial charge in [0.15, 0.2) is 0 Å². The van der Waals surface area contributed by atoms with Gasteiger partial charge in [0.1, 0.15) is 11.2 Å². The Morgan fingerprint density at radius 1 is 0.536 bits per heavy atom. The van der Waals surface area contributed by atoms with Crippen LogP contribution in [-0.2, 0) is 0 Å². The molecule has 0 saturated carbocycles. The minimum Gasteiger partial charge on any atom is -0.455 e. The minimum atomic E-state index is -0.740. The van der Waals surface area contributed by atoms with E-state index < -0.39 is 89.2 Å². The van der Waals surface area contributed by atoms with E-state index in [0.29, 0.717) is 28.7 Å². The molecule has 0 N–H and O–H groups in total. The van der Waals surface area contributed by atoms with Gasteiger partial charge in [0.25, 0.3) is 0 Å². The molecule has 0 spiro atoms. The van der Waals surface area contributed by atoms with E-state index in [1.807, 2.05) is 97.1 Å². The number of furan rings is 1. The number of anilines is 3. The Morgan fingerprint density at radius 3 is 2.04 bits per heavy atom. The lowest BCUT2D eigenvalue weighted by atomic mass is 9.89. The molecule has 264 valence electrons. The lowest BCUT2D eigenvalue weighted by Gasteiger charge is -2.28. The minimum absolute atomic E-state index is 0.151. The molecule has 0 saturated heterocycles. The molecule has 56 heavy (non-hydrogen) atoms. The van der Waals surface area contributed by atoms with Gasteiger partial charge in [-0.15, -0.1) is 0 Å². The summed E-state index contributed by atoms with van der Waals surface area (Å²) in [4.78, 5) is 1.23. The van der Waals surface area contributed by atoms with Gasteiger partial charge in [0, 0.05) is 39.0 Å². The fourth-order valence-electron chi connectivity index (χ4n) is 7.88. The summed E-state index contributed by atoms with van der Waals surface area (Å²) in [5, 5.41) is 7.60. The van der Waals surface area contributed by atoms with Crippen molar-refractivity contribution in [3.05, 3.63) is 210 Å². The Kier molecular flexibility index (Phi) is 5.14. The second-order valence-corrected chi connectivity index (χ2v) is 13.8. The molecule has 11 rings (SSSR count). The summed E-state index contributed by atoms with van der Waals surface area (Å²) in [7, 11) is 0. The molecule has 0 aliphatic heterocycles. The highest BCUT2D eigenvalue weighted by molar-refractivity contribution is 6.15. The number of para-hydroxylation sites is 1. The summed E-state index contributed by atoms with van der Waals surface area (Å²) in [5.41, 5.74) is 0.917. The Balaban J connectivity index is 1.17. The van der Waals surface area contributed by atoms with E-state index in [1.54, 1.807) is 24.3 Å². The molecule has 1 aromatic heterocycles. The number of fused-ring (bicyclic) bond motifs is 8. The smallest absolute Gasteiger partial charge is 0.143 e. The van der Waals surface area contributed by atoms with E-state index in [1.165, 1.54) is 4.90 Å². The maximum absolute atomic E-state index is 9.75. The maximum atomic E-state index is 9.75. The van der Waals surface area contributed by atoms with E-state index in [-0.39, 0.29) is 29.0 Å². The van der Waals surface area contributed by atoms with Crippen LogP contribution in [0.5, 0.6) is 0 Å². The molecule has 1 aliphatic rings. The third-order valence-electron chi connectivity index (χ3n) is 10.6. The van der Waals surface area contributed by atoms with Crippen LogP contribution in [0.3, 0.4) is 0 Å². The van der Waals surface area contributed by atoms with E-state index >= 15 is 0 Å². The fourth-order valence-corrected chi connectivity index (χ4v) is 7.88. The van der Waals surface area contributed by atoms with E-state index in [9.17, 15) is 11.0 Å². The van der Waals surface area contributed by atoms with E-state index in [0.717, 1.165) is 42.8 Å². The van der Waals surface area contributed by atoms with Gasteiger partial charge in [-0.1, -0.05) is 158 Å². The Bertz CT molecular complexity index is 3930. The van der Waals surface area contributed by atoms with Gasteiger partial charge in [0.05, 0.1) is 23.5 Å². The number of benzene rings is 9. The molecular formula is C54H37NO. The van der Waals surface area contributed by atoms with Crippen LogP contribution in [0.2, 0.25) is 0 Å². The lowest BCUT2D eigenvalue weighted by Crippen LogP contribution is -2.29. The monoisotopic (exact) mass is 728 g/mol. The van der Waals surface area contributed by atoms with Crippen molar-refractivity contribution in [1.82, 2.24) is 0 Å². The number of hydrogen-bond acceptors (Lipinski definition) is 2. The average Bonchev–Trinajstić information content (AvgIpc) is 3.75. The van der Waals surface area contributed by atoms with Crippen molar-refractivity contribution < 1.29 is 22.2 Å². The molecule has 1 aliphatic carbocycles. The van der Waals surface area contributed by atoms with Crippen LogP contribution in [-0.4, -0.2) is 0 Å². The molecule has 9 aromatic carbocycles. The molecular weight excluding hydrogens is 679 g/mol. The topological polar surface area (TPSA) is 16.4 Å². The summed E-state index contributed by atoms with van der Waals surface area (Å²) in [6.07, 6.45) is 4.40. The molecule has 1 heterocycles. The van der Waals surface area contributed by atoms with Crippen molar-refractivity contribution in [2.75, 3.05) is 4.90 Å². The third kappa shape index (κ3) is 5.49. The zero-order valence-electron chi connectivity index (χ0n) is 42.8. The predicted molar refractivity (Wildman–Crippen MR) is 236 cm³/mol. The molecule has 0 amide bonds. The normalized spacial score (nSPS) is 17.0. The fraction of sp³-hybridized carbons (Fsp3) is 0.0370. The Labute approximate surface area is 343 Å². The second kappa shape index (κ2) is 13.3. The number of rotatable bonds is 6. The third-order valence-corrected chi connectivity index (χ3v) is 10.6. The van der Waals surface area contributed by atoms with Crippen molar-refractivity contribution >= 4 is 72.7 Å². The van der Waals surface area contributed by atoms with Gasteiger partial charge < -0.3 is 9.32 Å². The van der Waals surface area contributed by atoms with Gasteiger partial charge in [-0.3, -0.25) is 0 Å². The van der Waals surface area contributed by atoms with Crippen LogP contribution in [0.15, 0.2) is 198 Å². The van der Waals surface area contributed by atoms with Gasteiger partial charge in [0.2, 0.25) is 0 Å². The first-order valence-corrected chi connectivity index (χ1v) is 18.4. The van der Waals surface area contributed by atoms with Crippen molar-refractivity contribution in [3.8, 4) is 22.3 Å². The maximum Gasteiger partial charge on any atom is 0.143 e. The summed E-state index contributed by atoms with van der Waals surface area (Å²) in [6, 6.07) is 28.2. The second-order valence-electron chi connectivity index (χ2n) is 13.8. The average molecular weight is 729 g/mol. The molecule has 2 heteroatoms. The van der Waals surface area contributed by atoms with E-state index in [2.05, 4.69) is 6.08 Å². The lowest BCUT2D eigenvalue weighted by molar-refractivity contribution is 0.672. The first-order valence-electron chi connectivity index (χ1n) is 24.9. The molecule has 0 fully saturated rings. The Hall–Kier alpha value is -7.16. The van der Waals surface area contributed by atoms with Crippen molar-refractivity contribution in [2.45, 2.75) is 12.3 Å². The van der Waals surface area contributed by atoms with Crippen molar-refractivity contribution in [1.29, 1.82) is 0 Å². The first-order chi connectivity index (χ1) is 33.2. The molecule has 1 atom stereocenters. The standard InChI is InChI=1S/C54H37NO/c1-2-10-36(11-3-1)37-20-27-44(28-21-37)55(45-29-22-38(23-30-45)41-25-31-47-42(34-41)19-18-39-12-4-6-14-46(39)47)52-17-9-8-15-48(52)43-26-33-53-51(35-43)50-32-24-40-13-5-7-16-49(40)54(50)56-53/h1-24,26-35,41H,25H2/i1D,2D,3D,10D,11D,20D,21D,22D,23D,27D,28D,29D,30D. The zero-order chi connectivity index (χ0) is 48.3. The van der Waals surface area contributed by atoms with Gasteiger partial charge in [-0.25, -0.2) is 0 Å². The van der Waals surface area contributed by atoms with Crippen LogP contribution in [0.1, 0.15) is 35.7 Å². The molecule has 2 nitrogen and oxygen atoms in total. The van der Waals surface area contributed by atoms with Crippen LogP contribution in [0.4, 0.5) is 17.1 Å². The zero-order valence-corrected chi connectivity index (χ0v) is 29.8. The van der Waals surface area contributed by atoms with Crippen LogP contribution in [0.25, 0.3) is 77.9 Å².